The molecular formula is C13H19N3O4S. The number of aromatic nitrogens is 1. The van der Waals surface area contributed by atoms with Crippen molar-refractivity contribution in [3.05, 3.63) is 10.6 Å². The van der Waals surface area contributed by atoms with Crippen LogP contribution in [0.3, 0.4) is 0 Å². The average molecular weight is 313 g/mol. The molecule has 0 saturated heterocycles. The summed E-state index contributed by atoms with van der Waals surface area (Å²) in [4.78, 5) is 27.9. The highest BCUT2D eigenvalue weighted by molar-refractivity contribution is 7.15. The fourth-order valence-electron chi connectivity index (χ4n) is 2.21. The second kappa shape index (κ2) is 6.40. The van der Waals surface area contributed by atoms with Crippen LogP contribution in [0, 0.1) is 0 Å². The van der Waals surface area contributed by atoms with E-state index in [1.807, 2.05) is 0 Å². The van der Waals surface area contributed by atoms with E-state index in [1.54, 1.807) is 0 Å². The quantitative estimate of drug-likeness (QED) is 0.656. The van der Waals surface area contributed by atoms with E-state index in [-0.39, 0.29) is 6.54 Å². The first-order valence-electron chi connectivity index (χ1n) is 6.83. The van der Waals surface area contributed by atoms with E-state index in [2.05, 4.69) is 15.6 Å². The van der Waals surface area contributed by atoms with Crippen molar-refractivity contribution in [1.82, 2.24) is 10.3 Å². The van der Waals surface area contributed by atoms with Crippen LogP contribution in [-0.2, 0) is 17.6 Å². The Morgan fingerprint density at radius 1 is 1.38 bits per heavy atom. The van der Waals surface area contributed by atoms with Crippen LogP contribution in [0.25, 0.3) is 0 Å². The summed E-state index contributed by atoms with van der Waals surface area (Å²) >= 11 is 1.47. The number of rotatable bonds is 5. The van der Waals surface area contributed by atoms with Crippen LogP contribution in [0.5, 0.6) is 0 Å². The van der Waals surface area contributed by atoms with Crippen molar-refractivity contribution in [3.63, 3.8) is 0 Å². The summed E-state index contributed by atoms with van der Waals surface area (Å²) in [6.45, 7) is 1.22. The van der Waals surface area contributed by atoms with E-state index in [1.165, 1.54) is 23.1 Å². The SMILES string of the molecule is CC(O)(CNC(=O)Nc1nc2c(s1)CCCC2)CC(=O)O. The summed E-state index contributed by atoms with van der Waals surface area (Å²) in [7, 11) is 0. The number of carboxylic acids is 1. The molecule has 0 aliphatic heterocycles. The van der Waals surface area contributed by atoms with E-state index in [4.69, 9.17) is 5.11 Å². The predicted molar refractivity (Wildman–Crippen MR) is 78.7 cm³/mol. The van der Waals surface area contributed by atoms with Gasteiger partial charge < -0.3 is 15.5 Å². The van der Waals surface area contributed by atoms with Gasteiger partial charge in [-0.1, -0.05) is 0 Å². The normalized spacial score (nSPS) is 16.7. The van der Waals surface area contributed by atoms with Crippen molar-refractivity contribution in [3.8, 4) is 0 Å². The maximum Gasteiger partial charge on any atom is 0.321 e. The lowest BCUT2D eigenvalue weighted by Crippen LogP contribution is -2.43. The fraction of sp³-hybridized carbons (Fsp3) is 0.615. The Kier molecular flexibility index (Phi) is 4.79. The van der Waals surface area contributed by atoms with E-state index in [9.17, 15) is 14.7 Å². The van der Waals surface area contributed by atoms with Gasteiger partial charge in [0.25, 0.3) is 0 Å². The molecule has 1 unspecified atom stereocenters. The monoisotopic (exact) mass is 313 g/mol. The molecule has 0 radical (unpaired) electrons. The molecule has 0 saturated carbocycles. The second-order valence-corrected chi connectivity index (χ2v) is 6.55. The molecule has 21 heavy (non-hydrogen) atoms. The number of thiazole rings is 1. The molecule has 2 rings (SSSR count). The molecule has 4 N–H and O–H groups in total. The van der Waals surface area contributed by atoms with Gasteiger partial charge in [0.2, 0.25) is 0 Å². The van der Waals surface area contributed by atoms with Crippen molar-refractivity contribution in [2.45, 2.75) is 44.6 Å². The van der Waals surface area contributed by atoms with Crippen molar-refractivity contribution < 1.29 is 19.8 Å². The van der Waals surface area contributed by atoms with Crippen LogP contribution in [0.1, 0.15) is 36.8 Å². The van der Waals surface area contributed by atoms with E-state index < -0.39 is 24.0 Å². The van der Waals surface area contributed by atoms with Crippen molar-refractivity contribution in [2.24, 2.45) is 0 Å². The number of anilines is 1. The minimum Gasteiger partial charge on any atom is -0.481 e. The highest BCUT2D eigenvalue weighted by Gasteiger charge is 2.25. The minimum atomic E-state index is -1.48. The number of aliphatic carboxylic acids is 1. The number of carbonyl (C=O) groups excluding carboxylic acids is 1. The third-order valence-corrected chi connectivity index (χ3v) is 4.30. The van der Waals surface area contributed by atoms with Gasteiger partial charge in [0, 0.05) is 11.4 Å². The van der Waals surface area contributed by atoms with E-state index in [0.29, 0.717) is 5.13 Å². The van der Waals surface area contributed by atoms with Gasteiger partial charge in [0.1, 0.15) is 0 Å². The van der Waals surface area contributed by atoms with Gasteiger partial charge in [-0.2, -0.15) is 0 Å². The molecule has 1 heterocycles. The van der Waals surface area contributed by atoms with Crippen molar-refractivity contribution >= 4 is 28.5 Å². The van der Waals surface area contributed by atoms with Crippen LogP contribution in [0.4, 0.5) is 9.93 Å². The Hall–Kier alpha value is -1.67. The van der Waals surface area contributed by atoms with E-state index in [0.717, 1.165) is 31.4 Å². The summed E-state index contributed by atoms with van der Waals surface area (Å²) in [5.41, 5.74) is -0.426. The highest BCUT2D eigenvalue weighted by atomic mass is 32.1. The number of aliphatic hydroxyl groups is 1. The maximum absolute atomic E-state index is 11.7. The molecule has 8 heteroatoms. The first kappa shape index (κ1) is 15.7. The van der Waals surface area contributed by atoms with Gasteiger partial charge in [0.15, 0.2) is 5.13 Å². The van der Waals surface area contributed by atoms with Crippen LogP contribution < -0.4 is 10.6 Å². The molecule has 1 aliphatic carbocycles. The predicted octanol–water partition coefficient (Wildman–Crippen LogP) is 1.37. The topological polar surface area (TPSA) is 112 Å². The summed E-state index contributed by atoms with van der Waals surface area (Å²) in [6, 6.07) is -0.494. The Balaban J connectivity index is 1.84. The Bertz CT molecular complexity index is 518. The van der Waals surface area contributed by atoms with Gasteiger partial charge in [0.05, 0.1) is 17.7 Å². The summed E-state index contributed by atoms with van der Waals surface area (Å²) < 4.78 is 0. The molecule has 0 aromatic carbocycles. The zero-order chi connectivity index (χ0) is 15.5. The molecule has 0 bridgehead atoms. The number of urea groups is 1. The van der Waals surface area contributed by atoms with Gasteiger partial charge in [-0.15, -0.1) is 11.3 Å². The summed E-state index contributed by atoms with van der Waals surface area (Å²) in [6.07, 6.45) is 3.80. The standard InChI is InChI=1S/C13H19N3O4S/c1-13(20,6-10(17)18)7-14-11(19)16-12-15-8-4-2-3-5-9(8)21-12/h20H,2-7H2,1H3,(H,17,18)(H2,14,15,16,19). The number of amides is 2. The summed E-state index contributed by atoms with van der Waals surface area (Å²) in [5.74, 6) is -1.12. The minimum absolute atomic E-state index is 0.143. The molecule has 2 amide bonds. The number of hydrogen-bond donors (Lipinski definition) is 4. The molecule has 7 nitrogen and oxygen atoms in total. The molecule has 1 aromatic heterocycles. The Morgan fingerprint density at radius 2 is 2.10 bits per heavy atom. The number of fused-ring (bicyclic) bond motifs is 1. The maximum atomic E-state index is 11.7. The van der Waals surface area contributed by atoms with E-state index >= 15 is 0 Å². The van der Waals surface area contributed by atoms with Crippen LogP contribution in [0.15, 0.2) is 0 Å². The number of carboxylic acid groups (broad SMARTS) is 1. The van der Waals surface area contributed by atoms with Gasteiger partial charge in [-0.05, 0) is 32.6 Å². The molecule has 116 valence electrons. The highest BCUT2D eigenvalue weighted by Crippen LogP contribution is 2.29. The lowest BCUT2D eigenvalue weighted by atomic mass is 10.0. The lowest BCUT2D eigenvalue weighted by molar-refractivity contribution is -0.141. The van der Waals surface area contributed by atoms with Crippen molar-refractivity contribution in [2.75, 3.05) is 11.9 Å². The fourth-order valence-corrected chi connectivity index (χ4v) is 3.25. The molecule has 1 aliphatic rings. The number of nitrogens with one attached hydrogen (secondary N) is 2. The number of carbonyl (C=O) groups is 2. The third-order valence-electron chi connectivity index (χ3n) is 3.23. The van der Waals surface area contributed by atoms with Gasteiger partial charge in [-0.25, -0.2) is 9.78 Å². The number of aryl methyl sites for hydroxylation is 2. The smallest absolute Gasteiger partial charge is 0.321 e. The lowest BCUT2D eigenvalue weighted by Gasteiger charge is -2.21. The summed E-state index contributed by atoms with van der Waals surface area (Å²) in [5, 5.41) is 24.1. The molecule has 1 aromatic rings. The number of hydrogen-bond acceptors (Lipinski definition) is 5. The second-order valence-electron chi connectivity index (χ2n) is 5.47. The molecule has 1 atom stereocenters. The largest absolute Gasteiger partial charge is 0.481 e. The third kappa shape index (κ3) is 4.68. The van der Waals surface area contributed by atoms with Crippen molar-refractivity contribution in [1.29, 1.82) is 0 Å². The Labute approximate surface area is 126 Å². The number of nitrogens with zero attached hydrogens (tertiary/aromatic N) is 1. The van der Waals surface area contributed by atoms with Crippen LogP contribution >= 0.6 is 11.3 Å². The van der Waals surface area contributed by atoms with Gasteiger partial charge >= 0.3 is 12.0 Å². The molecular weight excluding hydrogens is 294 g/mol. The first-order valence-corrected chi connectivity index (χ1v) is 7.65. The van der Waals surface area contributed by atoms with Crippen LogP contribution in [0.2, 0.25) is 0 Å². The molecule has 0 fully saturated rings. The average Bonchev–Trinajstić information content (AvgIpc) is 2.77. The Morgan fingerprint density at radius 3 is 2.76 bits per heavy atom. The van der Waals surface area contributed by atoms with Crippen LogP contribution in [-0.4, -0.2) is 39.3 Å². The zero-order valence-corrected chi connectivity index (χ0v) is 12.6. The molecule has 0 spiro atoms. The van der Waals surface area contributed by atoms with Gasteiger partial charge in [-0.3, -0.25) is 10.1 Å². The first-order chi connectivity index (χ1) is 9.85. The zero-order valence-electron chi connectivity index (χ0n) is 11.8.